The molecule has 2 aromatic rings. The van der Waals surface area contributed by atoms with Crippen LogP contribution in [0.4, 0.5) is 0 Å². The van der Waals surface area contributed by atoms with Gasteiger partial charge in [-0.2, -0.15) is 11.3 Å². The molecule has 0 atom stereocenters. The van der Waals surface area contributed by atoms with Gasteiger partial charge in [0.15, 0.2) is 5.78 Å². The number of benzene rings is 1. The molecule has 0 saturated heterocycles. The molecule has 0 aliphatic heterocycles. The van der Waals surface area contributed by atoms with Crippen molar-refractivity contribution in [3.63, 3.8) is 0 Å². The second kappa shape index (κ2) is 6.86. The Balaban J connectivity index is 1.56. The zero-order chi connectivity index (χ0) is 14.7. The molecule has 0 bridgehead atoms. The Kier molecular flexibility index (Phi) is 4.88. The molecule has 1 aromatic carbocycles. The van der Waals surface area contributed by atoms with Crippen LogP contribution in [0.3, 0.4) is 0 Å². The SMILES string of the molecule is O=C(CCN(Cc1ccsc1)C1CC1)c1ccc(Br)cc1. The molecule has 1 heterocycles. The molecule has 1 aliphatic carbocycles. The van der Waals surface area contributed by atoms with Crippen molar-refractivity contribution in [2.75, 3.05) is 6.54 Å². The summed E-state index contributed by atoms with van der Waals surface area (Å²) >= 11 is 5.14. The maximum Gasteiger partial charge on any atom is 0.164 e. The molecule has 3 rings (SSSR count). The number of carbonyl (C=O) groups excluding carboxylic acids is 1. The average Bonchev–Trinajstić information content (AvgIpc) is 3.21. The van der Waals surface area contributed by atoms with Gasteiger partial charge in [0.05, 0.1) is 0 Å². The minimum absolute atomic E-state index is 0.235. The molecule has 1 saturated carbocycles. The van der Waals surface area contributed by atoms with Crippen LogP contribution in [0, 0.1) is 0 Å². The van der Waals surface area contributed by atoms with E-state index in [9.17, 15) is 4.79 Å². The van der Waals surface area contributed by atoms with E-state index in [0.29, 0.717) is 12.5 Å². The summed E-state index contributed by atoms with van der Waals surface area (Å²) in [6, 6.07) is 10.5. The highest BCUT2D eigenvalue weighted by Gasteiger charge is 2.29. The number of hydrogen-bond acceptors (Lipinski definition) is 3. The first-order chi connectivity index (χ1) is 10.2. The topological polar surface area (TPSA) is 20.3 Å². The molecular formula is C17H18BrNOS. The van der Waals surface area contributed by atoms with Crippen LogP contribution in [-0.4, -0.2) is 23.3 Å². The van der Waals surface area contributed by atoms with E-state index in [4.69, 9.17) is 0 Å². The summed E-state index contributed by atoms with van der Waals surface area (Å²) in [5.41, 5.74) is 2.17. The van der Waals surface area contributed by atoms with Crippen molar-refractivity contribution in [2.45, 2.75) is 31.8 Å². The quantitative estimate of drug-likeness (QED) is 0.661. The summed E-state index contributed by atoms with van der Waals surface area (Å²) in [6.45, 7) is 1.83. The van der Waals surface area contributed by atoms with Gasteiger partial charge in [0.25, 0.3) is 0 Å². The fourth-order valence-electron chi connectivity index (χ4n) is 2.47. The van der Waals surface area contributed by atoms with Gasteiger partial charge in [-0.1, -0.05) is 28.1 Å². The maximum absolute atomic E-state index is 12.3. The molecule has 0 N–H and O–H groups in total. The first kappa shape index (κ1) is 14.9. The van der Waals surface area contributed by atoms with Crippen LogP contribution in [0.15, 0.2) is 45.6 Å². The van der Waals surface area contributed by atoms with Crippen LogP contribution >= 0.6 is 27.3 Å². The van der Waals surface area contributed by atoms with Crippen LogP contribution in [0.2, 0.25) is 0 Å². The van der Waals surface area contributed by atoms with E-state index in [1.54, 1.807) is 11.3 Å². The summed E-state index contributed by atoms with van der Waals surface area (Å²) in [5, 5.41) is 4.32. The van der Waals surface area contributed by atoms with Crippen molar-refractivity contribution in [3.8, 4) is 0 Å². The lowest BCUT2D eigenvalue weighted by molar-refractivity contribution is 0.0960. The van der Waals surface area contributed by atoms with E-state index in [1.165, 1.54) is 18.4 Å². The van der Waals surface area contributed by atoms with E-state index >= 15 is 0 Å². The van der Waals surface area contributed by atoms with Gasteiger partial charge in [-0.05, 0) is 47.4 Å². The van der Waals surface area contributed by atoms with E-state index in [2.05, 4.69) is 37.7 Å². The molecule has 0 amide bonds. The monoisotopic (exact) mass is 363 g/mol. The highest BCUT2D eigenvalue weighted by molar-refractivity contribution is 9.10. The lowest BCUT2D eigenvalue weighted by atomic mass is 10.1. The van der Waals surface area contributed by atoms with Crippen molar-refractivity contribution in [2.24, 2.45) is 0 Å². The fourth-order valence-corrected chi connectivity index (χ4v) is 3.40. The molecule has 1 fully saturated rings. The van der Waals surface area contributed by atoms with Gasteiger partial charge >= 0.3 is 0 Å². The van der Waals surface area contributed by atoms with Gasteiger partial charge in [0, 0.05) is 35.6 Å². The van der Waals surface area contributed by atoms with Crippen LogP contribution in [-0.2, 0) is 6.54 Å². The third kappa shape index (κ3) is 4.25. The number of hydrogen-bond donors (Lipinski definition) is 0. The van der Waals surface area contributed by atoms with Gasteiger partial charge < -0.3 is 0 Å². The van der Waals surface area contributed by atoms with Crippen molar-refractivity contribution >= 4 is 33.0 Å². The van der Waals surface area contributed by atoms with E-state index in [-0.39, 0.29) is 5.78 Å². The summed E-state index contributed by atoms with van der Waals surface area (Å²) in [6.07, 6.45) is 3.15. The fraction of sp³-hybridized carbons (Fsp3) is 0.353. The van der Waals surface area contributed by atoms with Crippen molar-refractivity contribution in [3.05, 3.63) is 56.7 Å². The summed E-state index contributed by atoms with van der Waals surface area (Å²) in [7, 11) is 0. The van der Waals surface area contributed by atoms with Crippen LogP contribution in [0.1, 0.15) is 35.2 Å². The van der Waals surface area contributed by atoms with E-state index in [1.807, 2.05) is 24.3 Å². The van der Waals surface area contributed by atoms with Gasteiger partial charge in [-0.25, -0.2) is 0 Å². The zero-order valence-corrected chi connectivity index (χ0v) is 14.2. The highest BCUT2D eigenvalue weighted by atomic mass is 79.9. The molecular weight excluding hydrogens is 346 g/mol. The van der Waals surface area contributed by atoms with Crippen LogP contribution in [0.5, 0.6) is 0 Å². The van der Waals surface area contributed by atoms with Crippen molar-refractivity contribution in [1.29, 1.82) is 0 Å². The number of Topliss-reactive ketones (excluding diaryl/α,β-unsaturated/α-hetero) is 1. The number of carbonyl (C=O) groups is 1. The standard InChI is InChI=1S/C17H18BrNOS/c18-15-3-1-14(2-4-15)17(20)7-9-19(16-5-6-16)11-13-8-10-21-12-13/h1-4,8,10,12,16H,5-7,9,11H2. The van der Waals surface area contributed by atoms with Gasteiger partial charge in [0.1, 0.15) is 0 Å². The molecule has 21 heavy (non-hydrogen) atoms. The highest BCUT2D eigenvalue weighted by Crippen LogP contribution is 2.29. The molecule has 4 heteroatoms. The number of nitrogens with zero attached hydrogens (tertiary/aromatic N) is 1. The Bertz CT molecular complexity index is 590. The predicted octanol–water partition coefficient (Wildman–Crippen LogP) is 4.75. The largest absolute Gasteiger partial charge is 0.296 e. The van der Waals surface area contributed by atoms with Gasteiger partial charge in [-0.15, -0.1) is 0 Å². The summed E-state index contributed by atoms with van der Waals surface area (Å²) < 4.78 is 1.01. The number of rotatable bonds is 7. The lowest BCUT2D eigenvalue weighted by Crippen LogP contribution is -2.28. The first-order valence-corrected chi connectivity index (χ1v) is 9.00. The van der Waals surface area contributed by atoms with Gasteiger partial charge in [0.2, 0.25) is 0 Å². The zero-order valence-electron chi connectivity index (χ0n) is 11.8. The van der Waals surface area contributed by atoms with Crippen LogP contribution in [0.25, 0.3) is 0 Å². The Hall–Kier alpha value is -0.970. The number of halogens is 1. The Labute approximate surface area is 137 Å². The second-order valence-corrected chi connectivity index (χ2v) is 7.21. The molecule has 1 aliphatic rings. The van der Waals surface area contributed by atoms with E-state index in [0.717, 1.165) is 23.1 Å². The third-order valence-corrected chi connectivity index (χ3v) is 5.08. The predicted molar refractivity (Wildman–Crippen MR) is 90.8 cm³/mol. The van der Waals surface area contributed by atoms with Crippen molar-refractivity contribution in [1.82, 2.24) is 4.90 Å². The van der Waals surface area contributed by atoms with Crippen molar-refractivity contribution < 1.29 is 4.79 Å². The Morgan fingerprint density at radius 2 is 2.00 bits per heavy atom. The number of thiophene rings is 1. The smallest absolute Gasteiger partial charge is 0.164 e. The number of ketones is 1. The first-order valence-electron chi connectivity index (χ1n) is 7.26. The molecule has 110 valence electrons. The lowest BCUT2D eigenvalue weighted by Gasteiger charge is -2.21. The van der Waals surface area contributed by atoms with Crippen LogP contribution < -0.4 is 0 Å². The Morgan fingerprint density at radius 1 is 1.24 bits per heavy atom. The molecule has 0 spiro atoms. The van der Waals surface area contributed by atoms with E-state index < -0.39 is 0 Å². The maximum atomic E-state index is 12.3. The second-order valence-electron chi connectivity index (χ2n) is 5.51. The average molecular weight is 364 g/mol. The summed E-state index contributed by atoms with van der Waals surface area (Å²) in [5.74, 6) is 0.235. The third-order valence-electron chi connectivity index (χ3n) is 3.82. The molecule has 1 aromatic heterocycles. The van der Waals surface area contributed by atoms with Gasteiger partial charge in [-0.3, -0.25) is 9.69 Å². The minimum atomic E-state index is 0.235. The molecule has 2 nitrogen and oxygen atoms in total. The Morgan fingerprint density at radius 3 is 2.62 bits per heavy atom. The normalized spacial score (nSPS) is 14.6. The molecule has 0 radical (unpaired) electrons. The molecule has 0 unspecified atom stereocenters. The minimum Gasteiger partial charge on any atom is -0.296 e. The summed E-state index contributed by atoms with van der Waals surface area (Å²) in [4.78, 5) is 14.7.